The van der Waals surface area contributed by atoms with Gasteiger partial charge in [-0.25, -0.2) is 0 Å². The summed E-state index contributed by atoms with van der Waals surface area (Å²) in [5, 5.41) is 8.34. The quantitative estimate of drug-likeness (QED) is 0.385. The van der Waals surface area contributed by atoms with Crippen LogP contribution in [0, 0.1) is 5.41 Å². The molecule has 2 aromatic carbocycles. The Morgan fingerprint density at radius 2 is 1.90 bits per heavy atom. The predicted octanol–water partition coefficient (Wildman–Crippen LogP) is 1.38. The zero-order chi connectivity index (χ0) is 13.9. The van der Waals surface area contributed by atoms with Gasteiger partial charge in [-0.2, -0.15) is 0 Å². The fourth-order valence-corrected chi connectivity index (χ4v) is 3.76. The van der Waals surface area contributed by atoms with Gasteiger partial charge in [-0.1, -0.05) is 0 Å². The Labute approximate surface area is 123 Å². The van der Waals surface area contributed by atoms with Crippen LogP contribution in [-0.2, 0) is 5.21 Å². The van der Waals surface area contributed by atoms with Crippen LogP contribution in [0.25, 0.3) is 11.0 Å². The average Bonchev–Trinajstić information content (AvgIpc) is 2.88. The molecule has 4 nitrogen and oxygen atoms in total. The van der Waals surface area contributed by atoms with E-state index in [4.69, 9.17) is 11.1 Å². The van der Waals surface area contributed by atoms with Crippen LogP contribution in [0.2, 0.25) is 0 Å². The molecule has 0 fully saturated rings. The van der Waals surface area contributed by atoms with Crippen molar-refractivity contribution in [2.24, 2.45) is 5.73 Å². The van der Waals surface area contributed by atoms with E-state index in [2.05, 4.69) is 22.1 Å². The normalized spacial score (nSPS) is 11.4. The van der Waals surface area contributed by atoms with E-state index >= 15 is 0 Å². The summed E-state index contributed by atoms with van der Waals surface area (Å²) in [6, 6.07) is 16.0. The van der Waals surface area contributed by atoms with Gasteiger partial charge in [0.25, 0.3) is 0 Å². The summed E-state index contributed by atoms with van der Waals surface area (Å²) in [6.45, 7) is 0. The molecule has 20 heavy (non-hydrogen) atoms. The summed E-state index contributed by atoms with van der Waals surface area (Å²) >= 11 is 0.0266. The van der Waals surface area contributed by atoms with Crippen molar-refractivity contribution in [3.63, 3.8) is 0 Å². The number of fused-ring (bicyclic) bond motifs is 1. The number of rotatable bonds is 4. The van der Waals surface area contributed by atoms with Crippen molar-refractivity contribution in [1.82, 2.24) is 9.97 Å². The van der Waals surface area contributed by atoms with E-state index in [9.17, 15) is 0 Å². The van der Waals surface area contributed by atoms with Crippen molar-refractivity contribution in [3.8, 4) is 0 Å². The molecule has 0 amide bonds. The van der Waals surface area contributed by atoms with Crippen LogP contribution in [0.5, 0.6) is 0 Å². The standard InChI is InChI=1S/C15H14AsN4/c17-15(18)10-5-7-11(8-6-10)16-9-14-19-12-3-1-2-4-13(12)20-14/h1-8H,9H2,(H3,17,18)(H,19,20). The van der Waals surface area contributed by atoms with Crippen LogP contribution >= 0.6 is 0 Å². The van der Waals surface area contributed by atoms with Crippen molar-refractivity contribution in [1.29, 1.82) is 5.41 Å². The molecule has 0 saturated heterocycles. The van der Waals surface area contributed by atoms with E-state index in [1.165, 1.54) is 4.35 Å². The Morgan fingerprint density at radius 1 is 1.15 bits per heavy atom. The molecule has 1 radical (unpaired) electrons. The van der Waals surface area contributed by atoms with Gasteiger partial charge in [-0.05, 0) is 0 Å². The first-order chi connectivity index (χ1) is 9.72. The van der Waals surface area contributed by atoms with Gasteiger partial charge in [0.05, 0.1) is 0 Å². The first kappa shape index (κ1) is 12.9. The molecule has 5 heteroatoms. The van der Waals surface area contributed by atoms with Crippen molar-refractivity contribution in [2.75, 3.05) is 0 Å². The second kappa shape index (κ2) is 5.51. The van der Waals surface area contributed by atoms with Gasteiger partial charge < -0.3 is 0 Å². The number of nitrogens with one attached hydrogen (secondary N) is 2. The van der Waals surface area contributed by atoms with E-state index in [-0.39, 0.29) is 21.6 Å². The van der Waals surface area contributed by atoms with Crippen LogP contribution in [0.4, 0.5) is 0 Å². The van der Waals surface area contributed by atoms with E-state index in [0.29, 0.717) is 0 Å². The number of aromatic amines is 1. The minimum absolute atomic E-state index is 0.0266. The number of aromatic nitrogens is 2. The number of imidazole rings is 1. The third-order valence-electron chi connectivity index (χ3n) is 3.03. The Kier molecular flexibility index (Phi) is 3.57. The molecule has 0 atom stereocenters. The maximum atomic E-state index is 7.37. The van der Waals surface area contributed by atoms with Crippen molar-refractivity contribution >= 4 is 37.0 Å². The molecular weight excluding hydrogens is 311 g/mol. The number of benzene rings is 2. The molecule has 0 aliphatic heterocycles. The molecule has 3 aromatic rings. The second-order valence-corrected chi connectivity index (χ2v) is 6.89. The summed E-state index contributed by atoms with van der Waals surface area (Å²) in [6.07, 6.45) is 0. The van der Waals surface area contributed by atoms with Crippen molar-refractivity contribution < 1.29 is 0 Å². The van der Waals surface area contributed by atoms with E-state index in [1.807, 2.05) is 36.4 Å². The predicted molar refractivity (Wildman–Crippen MR) is 82.6 cm³/mol. The molecule has 0 unspecified atom stereocenters. The molecule has 0 aliphatic carbocycles. The van der Waals surface area contributed by atoms with Crippen molar-refractivity contribution in [2.45, 2.75) is 5.21 Å². The van der Waals surface area contributed by atoms with Gasteiger partial charge in [0.2, 0.25) is 0 Å². The van der Waals surface area contributed by atoms with Crippen molar-refractivity contribution in [3.05, 3.63) is 59.9 Å². The Bertz CT molecular complexity index is 713. The fraction of sp³-hybridized carbons (Fsp3) is 0.0667. The first-order valence-corrected chi connectivity index (χ1v) is 8.54. The minimum atomic E-state index is 0.0266. The zero-order valence-corrected chi connectivity index (χ0v) is 12.7. The molecular formula is C15H14AsN4. The molecule has 3 rings (SSSR count). The number of hydrogen-bond acceptors (Lipinski definition) is 2. The number of hydrogen-bond donors (Lipinski definition) is 3. The van der Waals surface area contributed by atoms with Crippen LogP contribution < -0.4 is 10.1 Å². The Morgan fingerprint density at radius 3 is 2.60 bits per heavy atom. The molecule has 0 aliphatic rings. The number of amidine groups is 1. The molecule has 1 heterocycles. The summed E-state index contributed by atoms with van der Waals surface area (Å²) in [7, 11) is 0. The second-order valence-electron chi connectivity index (χ2n) is 4.48. The average molecular weight is 325 g/mol. The molecule has 0 bridgehead atoms. The van der Waals surface area contributed by atoms with E-state index in [0.717, 1.165) is 27.6 Å². The molecule has 4 N–H and O–H groups in total. The first-order valence-electron chi connectivity index (χ1n) is 6.28. The zero-order valence-electron chi connectivity index (χ0n) is 10.8. The number of nitrogens with zero attached hydrogens (tertiary/aromatic N) is 1. The molecule has 99 valence electrons. The van der Waals surface area contributed by atoms with Crippen LogP contribution in [-0.4, -0.2) is 31.6 Å². The van der Waals surface area contributed by atoms with Gasteiger partial charge in [0.1, 0.15) is 0 Å². The number of para-hydroxylation sites is 2. The van der Waals surface area contributed by atoms with Crippen LogP contribution in [0.15, 0.2) is 48.5 Å². The van der Waals surface area contributed by atoms with Gasteiger partial charge >= 0.3 is 123 Å². The number of H-pyrrole nitrogens is 1. The molecule has 0 saturated carbocycles. The monoisotopic (exact) mass is 325 g/mol. The third kappa shape index (κ3) is 2.75. The summed E-state index contributed by atoms with van der Waals surface area (Å²) in [4.78, 5) is 7.94. The Balaban J connectivity index is 1.71. The van der Waals surface area contributed by atoms with E-state index in [1.54, 1.807) is 0 Å². The third-order valence-corrected chi connectivity index (χ3v) is 5.38. The van der Waals surface area contributed by atoms with E-state index < -0.39 is 0 Å². The fourth-order valence-electron chi connectivity index (χ4n) is 1.99. The van der Waals surface area contributed by atoms with Crippen LogP contribution in [0.3, 0.4) is 0 Å². The van der Waals surface area contributed by atoms with Crippen LogP contribution in [0.1, 0.15) is 11.4 Å². The summed E-state index contributed by atoms with van der Waals surface area (Å²) in [5.74, 6) is 1.16. The van der Waals surface area contributed by atoms with Gasteiger partial charge in [-0.15, -0.1) is 0 Å². The summed E-state index contributed by atoms with van der Waals surface area (Å²) in [5.41, 5.74) is 8.34. The Hall–Kier alpha value is -2.06. The maximum absolute atomic E-state index is 7.37. The summed E-state index contributed by atoms with van der Waals surface area (Å²) < 4.78 is 1.31. The molecule has 0 spiro atoms. The van der Waals surface area contributed by atoms with Gasteiger partial charge in [0.15, 0.2) is 0 Å². The molecule has 1 aromatic heterocycles. The van der Waals surface area contributed by atoms with Gasteiger partial charge in [0, 0.05) is 0 Å². The SMILES string of the molecule is N=C(N)c1ccc([As]Cc2nc3ccccc3[nH]2)cc1. The number of nitrogen functional groups attached to an aromatic ring is 1. The topological polar surface area (TPSA) is 78.6 Å². The van der Waals surface area contributed by atoms with Gasteiger partial charge in [-0.3, -0.25) is 0 Å². The number of nitrogens with two attached hydrogens (primary N) is 1.